The van der Waals surface area contributed by atoms with E-state index in [-0.39, 0.29) is 0 Å². The van der Waals surface area contributed by atoms with Gasteiger partial charge < -0.3 is 14.8 Å². The molecule has 1 heterocycles. The van der Waals surface area contributed by atoms with Gasteiger partial charge in [-0.1, -0.05) is 46.5 Å². The molecule has 0 aliphatic rings. The molecule has 0 amide bonds. The number of ether oxygens (including phenoxy) is 2. The summed E-state index contributed by atoms with van der Waals surface area (Å²) < 4.78 is 11.7. The van der Waals surface area contributed by atoms with E-state index in [4.69, 9.17) is 21.1 Å². The van der Waals surface area contributed by atoms with Crippen LogP contribution in [0.25, 0.3) is 0 Å². The highest BCUT2D eigenvalue weighted by Crippen LogP contribution is 2.34. The molecule has 2 aromatic carbocycles. The van der Waals surface area contributed by atoms with E-state index in [2.05, 4.69) is 45.0 Å². The Morgan fingerprint density at radius 3 is 2.73 bits per heavy atom. The van der Waals surface area contributed by atoms with Crippen LogP contribution in [0.1, 0.15) is 23.6 Å². The van der Waals surface area contributed by atoms with E-state index in [1.54, 1.807) is 6.07 Å². The molecule has 0 atom stereocenters. The third kappa shape index (κ3) is 4.64. The molecular weight excluding hydrogens is 354 g/mol. The van der Waals surface area contributed by atoms with Gasteiger partial charge in [0, 0.05) is 17.6 Å². The minimum Gasteiger partial charge on any atom is -0.490 e. The second-order valence-electron chi connectivity index (χ2n) is 5.69. The fourth-order valence-corrected chi connectivity index (χ4v) is 2.69. The van der Waals surface area contributed by atoms with E-state index in [1.807, 2.05) is 25.1 Å². The number of halogens is 1. The van der Waals surface area contributed by atoms with Gasteiger partial charge in [-0.15, -0.1) is 5.10 Å². The van der Waals surface area contributed by atoms with Crippen molar-refractivity contribution in [2.24, 2.45) is 0 Å². The lowest BCUT2D eigenvalue weighted by Crippen LogP contribution is -2.05. The fraction of sp³-hybridized carbons (Fsp3) is 0.278. The molecule has 3 rings (SSSR count). The summed E-state index contributed by atoms with van der Waals surface area (Å²) >= 11 is 6.41. The maximum atomic E-state index is 6.41. The van der Waals surface area contributed by atoms with Gasteiger partial charge in [0.25, 0.3) is 5.95 Å². The minimum absolute atomic E-state index is 0.402. The number of hydrogen-bond donors (Lipinski definition) is 2. The molecule has 8 heteroatoms. The van der Waals surface area contributed by atoms with Crippen molar-refractivity contribution in [3.63, 3.8) is 0 Å². The van der Waals surface area contributed by atoms with Crippen LogP contribution in [0.3, 0.4) is 0 Å². The molecule has 3 aromatic rings. The quantitative estimate of drug-likeness (QED) is 0.625. The van der Waals surface area contributed by atoms with Gasteiger partial charge in [-0.05, 0) is 36.3 Å². The van der Waals surface area contributed by atoms with Gasteiger partial charge in [0.2, 0.25) is 0 Å². The molecule has 1 aromatic heterocycles. The summed E-state index contributed by atoms with van der Waals surface area (Å²) in [7, 11) is 0. The van der Waals surface area contributed by atoms with E-state index in [0.717, 1.165) is 11.1 Å². The van der Waals surface area contributed by atoms with Gasteiger partial charge in [0.15, 0.2) is 11.5 Å². The van der Waals surface area contributed by atoms with Crippen LogP contribution in [0.4, 0.5) is 5.95 Å². The van der Waals surface area contributed by atoms with Gasteiger partial charge in [0.05, 0.1) is 6.61 Å². The van der Waals surface area contributed by atoms with Crippen molar-refractivity contribution >= 4 is 17.5 Å². The predicted octanol–water partition coefficient (Wildman–Crippen LogP) is 3.75. The Morgan fingerprint density at radius 2 is 2.00 bits per heavy atom. The number of anilines is 1. The molecule has 0 radical (unpaired) electrons. The summed E-state index contributed by atoms with van der Waals surface area (Å²) in [5.41, 5.74) is 3.13. The zero-order valence-electron chi connectivity index (χ0n) is 14.6. The van der Waals surface area contributed by atoms with Crippen molar-refractivity contribution in [3.05, 3.63) is 58.1 Å². The molecule has 26 heavy (non-hydrogen) atoms. The van der Waals surface area contributed by atoms with Gasteiger partial charge in [0.1, 0.15) is 6.61 Å². The van der Waals surface area contributed by atoms with E-state index < -0.39 is 0 Å². The van der Waals surface area contributed by atoms with Crippen LogP contribution in [-0.4, -0.2) is 27.2 Å². The first-order valence-electron chi connectivity index (χ1n) is 8.26. The lowest BCUT2D eigenvalue weighted by molar-refractivity contribution is 0.269. The van der Waals surface area contributed by atoms with Crippen LogP contribution >= 0.6 is 11.6 Å². The van der Waals surface area contributed by atoms with Crippen molar-refractivity contribution in [1.82, 2.24) is 20.6 Å². The monoisotopic (exact) mass is 373 g/mol. The van der Waals surface area contributed by atoms with Crippen molar-refractivity contribution in [2.45, 2.75) is 27.0 Å². The smallest absolute Gasteiger partial charge is 0.263 e. The fourth-order valence-electron chi connectivity index (χ4n) is 2.47. The number of aromatic nitrogens is 4. The Kier molecular flexibility index (Phi) is 5.91. The first-order chi connectivity index (χ1) is 12.7. The summed E-state index contributed by atoms with van der Waals surface area (Å²) in [5, 5.41) is 17.2. The molecule has 2 N–H and O–H groups in total. The van der Waals surface area contributed by atoms with Crippen LogP contribution in [0.15, 0.2) is 36.4 Å². The van der Waals surface area contributed by atoms with Gasteiger partial charge in [-0.2, -0.15) is 5.21 Å². The zero-order valence-corrected chi connectivity index (χ0v) is 15.4. The number of nitrogens with one attached hydrogen (secondary N) is 2. The topological polar surface area (TPSA) is 85.0 Å². The average Bonchev–Trinajstić information content (AvgIpc) is 3.14. The number of nitrogens with zero attached hydrogens (tertiary/aromatic N) is 3. The highest BCUT2D eigenvalue weighted by molar-refractivity contribution is 6.31. The molecular formula is C18H20ClN5O2. The number of rotatable bonds is 8. The maximum Gasteiger partial charge on any atom is 0.263 e. The zero-order chi connectivity index (χ0) is 18.4. The number of hydrogen-bond acceptors (Lipinski definition) is 6. The Labute approximate surface area is 156 Å². The SMILES string of the molecule is CCOc1cc(CNc2nn[nH]n2)c(Cl)cc1OCc1cccc(C)c1. The molecule has 0 bridgehead atoms. The molecule has 136 valence electrons. The molecule has 7 nitrogen and oxygen atoms in total. The summed E-state index contributed by atoms with van der Waals surface area (Å²) in [5.74, 6) is 1.66. The van der Waals surface area contributed by atoms with Crippen LogP contribution in [0.2, 0.25) is 5.02 Å². The minimum atomic E-state index is 0.402. The number of tetrazole rings is 1. The predicted molar refractivity (Wildman–Crippen MR) is 99.6 cm³/mol. The van der Waals surface area contributed by atoms with Crippen molar-refractivity contribution in [1.29, 1.82) is 0 Å². The largest absolute Gasteiger partial charge is 0.490 e. The molecule has 0 unspecified atom stereocenters. The average molecular weight is 374 g/mol. The normalized spacial score (nSPS) is 10.6. The van der Waals surface area contributed by atoms with Gasteiger partial charge in [-0.3, -0.25) is 0 Å². The Morgan fingerprint density at radius 1 is 1.15 bits per heavy atom. The van der Waals surface area contributed by atoms with Gasteiger partial charge in [-0.25, -0.2) is 0 Å². The first kappa shape index (κ1) is 18.0. The summed E-state index contributed by atoms with van der Waals surface area (Å²) in [6.07, 6.45) is 0. The highest BCUT2D eigenvalue weighted by Gasteiger charge is 2.12. The maximum absolute atomic E-state index is 6.41. The molecule has 0 aliphatic carbocycles. The van der Waals surface area contributed by atoms with Crippen LogP contribution in [0.5, 0.6) is 11.5 Å². The van der Waals surface area contributed by atoms with Crippen LogP contribution in [0, 0.1) is 6.92 Å². The number of H-pyrrole nitrogens is 1. The molecule has 0 spiro atoms. The Hall–Kier alpha value is -2.80. The van der Waals surface area contributed by atoms with Crippen molar-refractivity contribution in [3.8, 4) is 11.5 Å². The second kappa shape index (κ2) is 8.53. The van der Waals surface area contributed by atoms with E-state index in [1.165, 1.54) is 5.56 Å². The summed E-state index contributed by atoms with van der Waals surface area (Å²) in [4.78, 5) is 0. The molecule has 0 saturated carbocycles. The van der Waals surface area contributed by atoms with Crippen molar-refractivity contribution < 1.29 is 9.47 Å². The van der Waals surface area contributed by atoms with Gasteiger partial charge >= 0.3 is 0 Å². The number of aromatic amines is 1. The Balaban J connectivity index is 1.75. The summed E-state index contributed by atoms with van der Waals surface area (Å²) in [6.45, 7) is 5.39. The lowest BCUT2D eigenvalue weighted by atomic mass is 10.1. The van der Waals surface area contributed by atoms with Crippen LogP contribution in [-0.2, 0) is 13.2 Å². The standard InChI is InChI=1S/C18H20ClN5O2/c1-3-25-16-8-14(10-20-18-21-23-24-22-18)15(19)9-17(16)26-11-13-6-4-5-12(2)7-13/h4-9H,3,10-11H2,1-2H3,(H2,20,21,22,23,24). The van der Waals surface area contributed by atoms with E-state index in [9.17, 15) is 0 Å². The number of benzene rings is 2. The van der Waals surface area contributed by atoms with E-state index in [0.29, 0.717) is 42.2 Å². The Bertz CT molecular complexity index is 855. The summed E-state index contributed by atoms with van der Waals surface area (Å²) in [6, 6.07) is 11.8. The third-order valence-electron chi connectivity index (χ3n) is 3.67. The van der Waals surface area contributed by atoms with E-state index >= 15 is 0 Å². The highest BCUT2D eigenvalue weighted by atomic mass is 35.5. The second-order valence-corrected chi connectivity index (χ2v) is 6.10. The lowest BCUT2D eigenvalue weighted by Gasteiger charge is -2.15. The van der Waals surface area contributed by atoms with Crippen molar-refractivity contribution in [2.75, 3.05) is 11.9 Å². The first-order valence-corrected chi connectivity index (χ1v) is 8.64. The third-order valence-corrected chi connectivity index (χ3v) is 4.02. The number of aryl methyl sites for hydroxylation is 1. The molecule has 0 fully saturated rings. The van der Waals surface area contributed by atoms with Crippen LogP contribution < -0.4 is 14.8 Å². The molecule has 0 saturated heterocycles. The molecule has 0 aliphatic heterocycles.